The predicted octanol–water partition coefficient (Wildman–Crippen LogP) is 4.90. The molecule has 1 N–H and O–H groups in total. The number of nitrogens with one attached hydrogen (secondary N) is 1. The zero-order valence-electron chi connectivity index (χ0n) is 16.2. The van der Waals surface area contributed by atoms with Gasteiger partial charge in [0.1, 0.15) is 18.0 Å². The fourth-order valence-electron chi connectivity index (χ4n) is 3.01. The summed E-state index contributed by atoms with van der Waals surface area (Å²) in [6, 6.07) is 25.2. The molecule has 0 aliphatic carbocycles. The van der Waals surface area contributed by atoms with Crippen LogP contribution < -0.4 is 10.1 Å². The maximum absolute atomic E-state index is 13.5. The van der Waals surface area contributed by atoms with Crippen molar-refractivity contribution in [3.05, 3.63) is 114 Å². The van der Waals surface area contributed by atoms with Crippen molar-refractivity contribution in [3.63, 3.8) is 0 Å². The molecule has 0 saturated carbocycles. The van der Waals surface area contributed by atoms with Gasteiger partial charge in [-0.25, -0.2) is 4.39 Å². The summed E-state index contributed by atoms with van der Waals surface area (Å²) in [7, 11) is 0. The molecule has 0 spiro atoms. The van der Waals surface area contributed by atoms with Crippen LogP contribution in [0.2, 0.25) is 0 Å². The number of carbonyl (C=O) groups is 1. The number of benzene rings is 3. The van der Waals surface area contributed by atoms with Crippen molar-refractivity contribution in [1.29, 1.82) is 0 Å². The zero-order chi connectivity index (χ0) is 20.8. The van der Waals surface area contributed by atoms with E-state index >= 15 is 0 Å². The Morgan fingerprint density at radius 1 is 0.933 bits per heavy atom. The van der Waals surface area contributed by atoms with Gasteiger partial charge in [0.25, 0.3) is 5.91 Å². The minimum Gasteiger partial charge on any atom is -0.471 e. The van der Waals surface area contributed by atoms with E-state index in [0.29, 0.717) is 12.2 Å². The van der Waals surface area contributed by atoms with Gasteiger partial charge in [-0.3, -0.25) is 9.48 Å². The Morgan fingerprint density at radius 2 is 1.63 bits per heavy atom. The van der Waals surface area contributed by atoms with E-state index in [9.17, 15) is 9.18 Å². The van der Waals surface area contributed by atoms with Gasteiger partial charge >= 0.3 is 0 Å². The number of halogens is 1. The van der Waals surface area contributed by atoms with Gasteiger partial charge in [-0.2, -0.15) is 0 Å². The summed E-state index contributed by atoms with van der Waals surface area (Å²) >= 11 is 0. The quantitative estimate of drug-likeness (QED) is 0.479. The summed E-state index contributed by atoms with van der Waals surface area (Å²) < 4.78 is 21.0. The van der Waals surface area contributed by atoms with Gasteiger partial charge in [0.15, 0.2) is 0 Å². The van der Waals surface area contributed by atoms with Crippen molar-refractivity contribution in [2.24, 2.45) is 0 Å². The topological polar surface area (TPSA) is 56.2 Å². The second-order valence-corrected chi connectivity index (χ2v) is 6.77. The van der Waals surface area contributed by atoms with Crippen molar-refractivity contribution in [2.45, 2.75) is 13.2 Å². The lowest BCUT2D eigenvalue weighted by Gasteiger charge is -2.07. The Bertz CT molecular complexity index is 1130. The first-order chi connectivity index (χ1) is 14.7. The van der Waals surface area contributed by atoms with Gasteiger partial charge in [0, 0.05) is 11.9 Å². The second-order valence-electron chi connectivity index (χ2n) is 6.77. The first-order valence-corrected chi connectivity index (χ1v) is 9.52. The minimum atomic E-state index is -0.423. The molecule has 0 fully saturated rings. The Labute approximate surface area is 173 Å². The molecule has 4 aromatic rings. The summed E-state index contributed by atoms with van der Waals surface area (Å²) in [4.78, 5) is 12.9. The van der Waals surface area contributed by atoms with E-state index in [0.717, 1.165) is 11.1 Å². The number of hydrogen-bond acceptors (Lipinski definition) is 3. The van der Waals surface area contributed by atoms with Gasteiger partial charge in [-0.1, -0.05) is 66.7 Å². The highest BCUT2D eigenvalue weighted by Gasteiger charge is 2.19. The Hall–Kier alpha value is -3.93. The van der Waals surface area contributed by atoms with Crippen LogP contribution in [0.3, 0.4) is 0 Å². The summed E-state index contributed by atoms with van der Waals surface area (Å²) in [5.74, 6) is -0.611. The summed E-state index contributed by atoms with van der Waals surface area (Å²) in [6.07, 6.45) is 1.64. The van der Waals surface area contributed by atoms with Gasteiger partial charge in [-0.15, -0.1) is 5.10 Å². The van der Waals surface area contributed by atoms with Crippen LogP contribution in [-0.4, -0.2) is 15.7 Å². The summed E-state index contributed by atoms with van der Waals surface area (Å²) in [6.45, 7) is 0.777. The predicted molar refractivity (Wildman–Crippen MR) is 113 cm³/mol. The first kappa shape index (κ1) is 19.4. The van der Waals surface area contributed by atoms with Crippen LogP contribution in [-0.2, 0) is 13.2 Å². The molecule has 0 bridgehead atoms. The van der Waals surface area contributed by atoms with Crippen LogP contribution in [0, 0.1) is 5.82 Å². The van der Waals surface area contributed by atoms with Crippen LogP contribution in [0.4, 0.5) is 10.1 Å². The highest BCUT2D eigenvalue weighted by atomic mass is 19.1. The molecule has 150 valence electrons. The van der Waals surface area contributed by atoms with Crippen LogP contribution in [0.5, 0.6) is 5.88 Å². The van der Waals surface area contributed by atoms with Crippen molar-refractivity contribution < 1.29 is 13.9 Å². The molecule has 0 aliphatic heterocycles. The molecule has 0 aliphatic rings. The lowest BCUT2D eigenvalue weighted by molar-refractivity contribution is 0.102. The molecule has 5 nitrogen and oxygen atoms in total. The van der Waals surface area contributed by atoms with E-state index in [1.54, 1.807) is 16.9 Å². The van der Waals surface area contributed by atoms with E-state index < -0.39 is 11.7 Å². The number of carbonyl (C=O) groups excluding carboxylic acids is 1. The number of rotatable bonds is 7. The fourth-order valence-corrected chi connectivity index (χ4v) is 3.01. The third kappa shape index (κ3) is 4.91. The zero-order valence-corrected chi connectivity index (χ0v) is 16.2. The molecule has 0 unspecified atom stereocenters. The van der Waals surface area contributed by atoms with Crippen LogP contribution in [0.15, 0.2) is 91.1 Å². The number of anilines is 1. The van der Waals surface area contributed by atoms with Crippen molar-refractivity contribution in [1.82, 2.24) is 9.78 Å². The monoisotopic (exact) mass is 401 g/mol. The highest BCUT2D eigenvalue weighted by molar-refractivity contribution is 6.05. The normalized spacial score (nSPS) is 10.6. The lowest BCUT2D eigenvalue weighted by Crippen LogP contribution is -2.13. The molecule has 4 rings (SSSR count). The molecule has 1 aromatic heterocycles. The minimum absolute atomic E-state index is 0.226. The highest BCUT2D eigenvalue weighted by Crippen LogP contribution is 2.21. The SMILES string of the molecule is O=C(Nc1cccc(F)c1)c1cn(Cc2ccccc2)nc1OCc1ccccc1. The second kappa shape index (κ2) is 9.05. The molecule has 6 heteroatoms. The van der Waals surface area contributed by atoms with Crippen molar-refractivity contribution in [2.75, 3.05) is 5.32 Å². The number of aromatic nitrogens is 2. The molecule has 0 saturated heterocycles. The number of ether oxygens (including phenoxy) is 1. The van der Waals surface area contributed by atoms with Crippen LogP contribution in [0.1, 0.15) is 21.5 Å². The third-order valence-corrected chi connectivity index (χ3v) is 4.46. The number of amides is 1. The van der Waals surface area contributed by atoms with Gasteiger partial charge in [0.2, 0.25) is 5.88 Å². The standard InChI is InChI=1S/C24H20FN3O2/c25-20-12-7-13-21(14-20)26-23(29)22-16-28(15-18-8-3-1-4-9-18)27-24(22)30-17-19-10-5-2-6-11-19/h1-14,16H,15,17H2,(H,26,29). The van der Waals surface area contributed by atoms with E-state index in [2.05, 4.69) is 10.4 Å². The molecule has 3 aromatic carbocycles. The Morgan fingerprint density at radius 3 is 2.33 bits per heavy atom. The van der Waals surface area contributed by atoms with E-state index in [4.69, 9.17) is 4.74 Å². The Balaban J connectivity index is 1.57. The van der Waals surface area contributed by atoms with E-state index in [1.165, 1.54) is 18.2 Å². The Kier molecular flexibility index (Phi) is 5.85. The number of hydrogen-bond donors (Lipinski definition) is 1. The van der Waals surface area contributed by atoms with Crippen LogP contribution >= 0.6 is 0 Å². The average molecular weight is 401 g/mol. The largest absolute Gasteiger partial charge is 0.471 e. The molecule has 1 heterocycles. The van der Waals surface area contributed by atoms with Gasteiger partial charge < -0.3 is 10.1 Å². The summed E-state index contributed by atoms with van der Waals surface area (Å²) in [5.41, 5.74) is 2.66. The maximum Gasteiger partial charge on any atom is 0.262 e. The summed E-state index contributed by atoms with van der Waals surface area (Å²) in [5, 5.41) is 7.16. The smallest absolute Gasteiger partial charge is 0.262 e. The van der Waals surface area contributed by atoms with Gasteiger partial charge in [0.05, 0.1) is 6.54 Å². The third-order valence-electron chi connectivity index (χ3n) is 4.46. The molecular weight excluding hydrogens is 381 g/mol. The van der Waals surface area contributed by atoms with Gasteiger partial charge in [-0.05, 0) is 29.3 Å². The lowest BCUT2D eigenvalue weighted by atomic mass is 10.2. The van der Waals surface area contributed by atoms with Crippen LogP contribution in [0.25, 0.3) is 0 Å². The molecular formula is C24H20FN3O2. The van der Waals surface area contributed by atoms with Crippen molar-refractivity contribution >= 4 is 11.6 Å². The molecule has 0 atom stereocenters. The van der Waals surface area contributed by atoms with Crippen molar-refractivity contribution in [3.8, 4) is 5.88 Å². The maximum atomic E-state index is 13.5. The first-order valence-electron chi connectivity index (χ1n) is 9.52. The molecule has 30 heavy (non-hydrogen) atoms. The van der Waals surface area contributed by atoms with E-state index in [-0.39, 0.29) is 18.1 Å². The molecule has 0 radical (unpaired) electrons. The average Bonchev–Trinajstić information content (AvgIpc) is 3.16. The fraction of sp³-hybridized carbons (Fsp3) is 0.0833. The van der Waals surface area contributed by atoms with E-state index in [1.807, 2.05) is 60.7 Å². The molecule has 1 amide bonds. The number of nitrogens with zero attached hydrogens (tertiary/aromatic N) is 2.